The van der Waals surface area contributed by atoms with Gasteiger partial charge in [0, 0.05) is 12.6 Å². The van der Waals surface area contributed by atoms with E-state index in [-0.39, 0.29) is 6.54 Å². The average molecular weight is 270 g/mol. The first-order chi connectivity index (χ1) is 8.90. The molecule has 1 aromatic rings. The van der Waals surface area contributed by atoms with Crippen molar-refractivity contribution in [3.8, 4) is 0 Å². The SMILES string of the molecule is CN(Cc1ccoc1)C(=O)N[C@H](CC(=O)O)C(=O)O. The fraction of sp³-hybridized carbons (Fsp3) is 0.364. The van der Waals surface area contributed by atoms with Crippen LogP contribution >= 0.6 is 0 Å². The summed E-state index contributed by atoms with van der Waals surface area (Å²) in [4.78, 5) is 34.2. The van der Waals surface area contributed by atoms with Crippen molar-refractivity contribution in [2.75, 3.05) is 7.05 Å². The number of nitrogens with zero attached hydrogens (tertiary/aromatic N) is 1. The lowest BCUT2D eigenvalue weighted by Crippen LogP contribution is -2.47. The zero-order chi connectivity index (χ0) is 14.4. The molecule has 0 fully saturated rings. The lowest BCUT2D eigenvalue weighted by molar-refractivity contribution is -0.145. The highest BCUT2D eigenvalue weighted by molar-refractivity contribution is 5.86. The van der Waals surface area contributed by atoms with Gasteiger partial charge < -0.3 is 24.8 Å². The van der Waals surface area contributed by atoms with Gasteiger partial charge in [0.05, 0.1) is 25.5 Å². The molecule has 1 aromatic heterocycles. The van der Waals surface area contributed by atoms with E-state index in [1.165, 1.54) is 24.5 Å². The topological polar surface area (TPSA) is 120 Å². The van der Waals surface area contributed by atoms with Gasteiger partial charge in [-0.15, -0.1) is 0 Å². The van der Waals surface area contributed by atoms with E-state index in [1.807, 2.05) is 0 Å². The molecule has 0 unspecified atom stereocenters. The summed E-state index contributed by atoms with van der Waals surface area (Å²) in [5.74, 6) is -2.70. The molecule has 0 radical (unpaired) electrons. The number of urea groups is 1. The Kier molecular flexibility index (Phi) is 4.92. The van der Waals surface area contributed by atoms with E-state index in [4.69, 9.17) is 14.6 Å². The number of nitrogens with one attached hydrogen (secondary N) is 1. The number of carboxylic acid groups (broad SMARTS) is 2. The van der Waals surface area contributed by atoms with E-state index in [0.717, 1.165) is 5.56 Å². The fourth-order valence-corrected chi connectivity index (χ4v) is 1.36. The third kappa shape index (κ3) is 4.70. The van der Waals surface area contributed by atoms with Gasteiger partial charge in [-0.05, 0) is 6.07 Å². The van der Waals surface area contributed by atoms with Crippen LogP contribution in [0.25, 0.3) is 0 Å². The Labute approximate surface area is 108 Å². The molecule has 0 aliphatic heterocycles. The summed E-state index contributed by atoms with van der Waals surface area (Å²) in [6, 6.07) is -0.470. The molecule has 1 heterocycles. The quantitative estimate of drug-likeness (QED) is 0.686. The highest BCUT2D eigenvalue weighted by Gasteiger charge is 2.24. The first-order valence-electron chi connectivity index (χ1n) is 5.37. The first-order valence-corrected chi connectivity index (χ1v) is 5.37. The molecule has 0 bridgehead atoms. The largest absolute Gasteiger partial charge is 0.481 e. The number of aliphatic carboxylic acids is 2. The van der Waals surface area contributed by atoms with E-state index in [9.17, 15) is 14.4 Å². The molecular weight excluding hydrogens is 256 g/mol. The molecule has 19 heavy (non-hydrogen) atoms. The number of hydrogen-bond donors (Lipinski definition) is 3. The van der Waals surface area contributed by atoms with E-state index in [1.54, 1.807) is 6.07 Å². The summed E-state index contributed by atoms with van der Waals surface area (Å²) < 4.78 is 4.84. The molecule has 8 nitrogen and oxygen atoms in total. The molecule has 0 aliphatic rings. The van der Waals surface area contributed by atoms with Gasteiger partial charge in [-0.1, -0.05) is 0 Å². The Morgan fingerprint density at radius 2 is 2.11 bits per heavy atom. The second-order valence-corrected chi connectivity index (χ2v) is 3.93. The van der Waals surface area contributed by atoms with Crippen molar-refractivity contribution in [1.82, 2.24) is 10.2 Å². The number of hydrogen-bond acceptors (Lipinski definition) is 4. The van der Waals surface area contributed by atoms with Crippen molar-refractivity contribution in [2.24, 2.45) is 0 Å². The minimum absolute atomic E-state index is 0.224. The van der Waals surface area contributed by atoms with Gasteiger partial charge >= 0.3 is 18.0 Å². The monoisotopic (exact) mass is 270 g/mol. The number of furan rings is 1. The van der Waals surface area contributed by atoms with Crippen molar-refractivity contribution >= 4 is 18.0 Å². The third-order valence-corrected chi connectivity index (χ3v) is 2.32. The molecule has 0 aliphatic carbocycles. The Balaban J connectivity index is 2.56. The maximum absolute atomic E-state index is 11.7. The van der Waals surface area contributed by atoms with Gasteiger partial charge in [0.1, 0.15) is 6.04 Å². The summed E-state index contributed by atoms with van der Waals surface area (Å²) in [5.41, 5.74) is 0.739. The first kappa shape index (κ1) is 14.6. The summed E-state index contributed by atoms with van der Waals surface area (Å²) in [7, 11) is 1.46. The Hall–Kier alpha value is -2.51. The maximum atomic E-state index is 11.7. The molecule has 3 N–H and O–H groups in total. The maximum Gasteiger partial charge on any atom is 0.326 e. The van der Waals surface area contributed by atoms with Crippen molar-refractivity contribution in [3.63, 3.8) is 0 Å². The normalized spacial score (nSPS) is 11.6. The average Bonchev–Trinajstić information content (AvgIpc) is 2.79. The Morgan fingerprint density at radius 1 is 1.42 bits per heavy atom. The van der Waals surface area contributed by atoms with Crippen molar-refractivity contribution in [3.05, 3.63) is 24.2 Å². The standard InChI is InChI=1S/C11H14N2O6/c1-13(5-7-2-3-19-6-7)11(18)12-8(10(16)17)4-9(14)15/h2-3,6,8H,4-5H2,1H3,(H,12,18)(H,14,15)(H,16,17)/t8-/m1/s1. The number of amides is 2. The van der Waals surface area contributed by atoms with Crippen LogP contribution in [0.1, 0.15) is 12.0 Å². The summed E-state index contributed by atoms with van der Waals surface area (Å²) in [5, 5.41) is 19.5. The molecule has 0 saturated carbocycles. The minimum atomic E-state index is -1.46. The van der Waals surface area contributed by atoms with Crippen LogP contribution in [-0.2, 0) is 16.1 Å². The Bertz CT molecular complexity index is 456. The summed E-state index contributed by atoms with van der Waals surface area (Å²) in [6.45, 7) is 0.224. The summed E-state index contributed by atoms with van der Waals surface area (Å²) >= 11 is 0. The second-order valence-electron chi connectivity index (χ2n) is 3.93. The van der Waals surface area contributed by atoms with E-state index < -0.39 is 30.4 Å². The predicted molar refractivity (Wildman–Crippen MR) is 62.4 cm³/mol. The van der Waals surface area contributed by atoms with E-state index in [0.29, 0.717) is 0 Å². The van der Waals surface area contributed by atoms with Crippen LogP contribution in [0, 0.1) is 0 Å². The van der Waals surface area contributed by atoms with Crippen molar-refractivity contribution < 1.29 is 29.0 Å². The van der Waals surface area contributed by atoms with Gasteiger partial charge in [0.2, 0.25) is 0 Å². The van der Waals surface area contributed by atoms with Crippen LogP contribution in [0.5, 0.6) is 0 Å². The van der Waals surface area contributed by atoms with Crippen LogP contribution in [0.2, 0.25) is 0 Å². The number of carboxylic acids is 2. The van der Waals surface area contributed by atoms with Crippen molar-refractivity contribution in [2.45, 2.75) is 19.0 Å². The molecule has 104 valence electrons. The molecule has 1 atom stereocenters. The smallest absolute Gasteiger partial charge is 0.326 e. The number of carbonyl (C=O) groups is 3. The van der Waals surface area contributed by atoms with Crippen LogP contribution in [-0.4, -0.2) is 46.2 Å². The van der Waals surface area contributed by atoms with E-state index in [2.05, 4.69) is 5.32 Å². The number of carbonyl (C=O) groups excluding carboxylic acids is 1. The number of rotatable bonds is 6. The molecule has 0 spiro atoms. The zero-order valence-corrected chi connectivity index (χ0v) is 10.2. The minimum Gasteiger partial charge on any atom is -0.481 e. The lowest BCUT2D eigenvalue weighted by atomic mass is 10.2. The highest BCUT2D eigenvalue weighted by Crippen LogP contribution is 2.04. The molecule has 0 aromatic carbocycles. The highest BCUT2D eigenvalue weighted by atomic mass is 16.4. The third-order valence-electron chi connectivity index (χ3n) is 2.32. The zero-order valence-electron chi connectivity index (χ0n) is 10.2. The Morgan fingerprint density at radius 3 is 2.58 bits per heavy atom. The summed E-state index contributed by atoms with van der Waals surface area (Å²) in [6.07, 6.45) is 2.22. The van der Waals surface area contributed by atoms with Crippen LogP contribution in [0.4, 0.5) is 4.79 Å². The van der Waals surface area contributed by atoms with Gasteiger partial charge in [-0.3, -0.25) is 4.79 Å². The van der Waals surface area contributed by atoms with Crippen LogP contribution < -0.4 is 5.32 Å². The fourth-order valence-electron chi connectivity index (χ4n) is 1.36. The second kappa shape index (κ2) is 6.43. The lowest BCUT2D eigenvalue weighted by Gasteiger charge is -2.20. The van der Waals surface area contributed by atoms with Gasteiger partial charge in [-0.25, -0.2) is 9.59 Å². The molecule has 2 amide bonds. The van der Waals surface area contributed by atoms with Gasteiger partial charge in [-0.2, -0.15) is 0 Å². The van der Waals surface area contributed by atoms with Crippen molar-refractivity contribution in [1.29, 1.82) is 0 Å². The van der Waals surface area contributed by atoms with Gasteiger partial charge in [0.15, 0.2) is 0 Å². The van der Waals surface area contributed by atoms with Crippen LogP contribution in [0.3, 0.4) is 0 Å². The molecule has 1 rings (SSSR count). The molecule has 0 saturated heterocycles. The molecular formula is C11H14N2O6. The molecule has 8 heteroatoms. The predicted octanol–water partition coefficient (Wildman–Crippen LogP) is 0.349. The van der Waals surface area contributed by atoms with Crippen LogP contribution in [0.15, 0.2) is 23.0 Å². The van der Waals surface area contributed by atoms with E-state index >= 15 is 0 Å². The van der Waals surface area contributed by atoms with Gasteiger partial charge in [0.25, 0.3) is 0 Å².